The van der Waals surface area contributed by atoms with E-state index in [-0.39, 0.29) is 23.1 Å². The van der Waals surface area contributed by atoms with E-state index in [0.29, 0.717) is 44.9 Å². The minimum absolute atomic E-state index is 0.0633. The Morgan fingerprint density at radius 2 is 1.86 bits per heavy atom. The van der Waals surface area contributed by atoms with Gasteiger partial charge < -0.3 is 20.0 Å². The second kappa shape index (κ2) is 13.4. The van der Waals surface area contributed by atoms with Crippen LogP contribution in [0.3, 0.4) is 0 Å². The first-order valence-corrected chi connectivity index (χ1v) is 15.5. The predicted molar refractivity (Wildman–Crippen MR) is 167 cm³/mol. The lowest BCUT2D eigenvalue weighted by atomic mass is 9.78. The number of hydrogen-bond acceptors (Lipinski definition) is 11. The van der Waals surface area contributed by atoms with Crippen molar-refractivity contribution in [3.8, 4) is 11.3 Å². The van der Waals surface area contributed by atoms with Crippen LogP contribution in [0.25, 0.3) is 11.3 Å². The van der Waals surface area contributed by atoms with E-state index in [4.69, 9.17) is 16.0 Å². The fourth-order valence-corrected chi connectivity index (χ4v) is 6.17. The zero-order valence-corrected chi connectivity index (χ0v) is 25.4. The van der Waals surface area contributed by atoms with Crippen LogP contribution in [0.15, 0.2) is 69.1 Å². The molecule has 11 nitrogen and oxygen atoms in total. The van der Waals surface area contributed by atoms with Crippen molar-refractivity contribution < 1.29 is 13.6 Å². The Morgan fingerprint density at radius 1 is 1.07 bits per heavy atom. The fourth-order valence-electron chi connectivity index (χ4n) is 5.20. The average molecular weight is 637 g/mol. The molecule has 0 bridgehead atoms. The molecule has 6 rings (SSSR count). The van der Waals surface area contributed by atoms with Gasteiger partial charge in [0.05, 0.1) is 17.1 Å². The van der Waals surface area contributed by atoms with E-state index in [1.807, 2.05) is 0 Å². The molecule has 1 aliphatic carbocycles. The SMILES string of the molecule is CN1CCN(C2CC(C(=O)Nc3cc(Nc4cc(-c5cc(Cl)ccc5F)nnc4SCc4cccc(=O)o4)ncn3)C2)CC1. The van der Waals surface area contributed by atoms with Crippen LogP contribution in [0, 0.1) is 11.7 Å². The van der Waals surface area contributed by atoms with Gasteiger partial charge in [0.1, 0.15) is 34.6 Å². The Balaban J connectivity index is 1.17. The van der Waals surface area contributed by atoms with E-state index < -0.39 is 11.4 Å². The van der Waals surface area contributed by atoms with Crippen molar-refractivity contribution in [2.24, 2.45) is 5.92 Å². The van der Waals surface area contributed by atoms with Gasteiger partial charge in [0, 0.05) is 60.9 Å². The monoisotopic (exact) mass is 636 g/mol. The fraction of sp³-hybridized carbons (Fsp3) is 0.333. The number of hydrogen-bond donors (Lipinski definition) is 2. The molecular formula is C30H30ClFN8O3S. The Hall–Kier alpha value is -3.91. The van der Waals surface area contributed by atoms with Crippen LogP contribution in [0.2, 0.25) is 5.02 Å². The molecule has 1 aliphatic heterocycles. The zero-order chi connectivity index (χ0) is 30.6. The van der Waals surface area contributed by atoms with Gasteiger partial charge in [-0.3, -0.25) is 9.69 Å². The van der Waals surface area contributed by atoms with Gasteiger partial charge in [-0.25, -0.2) is 19.2 Å². The van der Waals surface area contributed by atoms with Crippen LogP contribution < -0.4 is 16.3 Å². The number of benzene rings is 1. The molecule has 1 aromatic carbocycles. The lowest BCUT2D eigenvalue weighted by Crippen LogP contribution is -2.54. The normalized spacial score (nSPS) is 18.9. The molecule has 1 saturated heterocycles. The van der Waals surface area contributed by atoms with Crippen LogP contribution >= 0.6 is 23.4 Å². The Morgan fingerprint density at radius 3 is 2.66 bits per heavy atom. The number of halogens is 2. The minimum Gasteiger partial charge on any atom is -0.427 e. The molecular weight excluding hydrogens is 607 g/mol. The number of rotatable bonds is 9. The summed E-state index contributed by atoms with van der Waals surface area (Å²) in [6.45, 7) is 4.17. The number of thioether (sulfide) groups is 1. The second-order valence-corrected chi connectivity index (χ2v) is 12.2. The quantitative estimate of drug-likeness (QED) is 0.248. The van der Waals surface area contributed by atoms with Crippen molar-refractivity contribution in [1.29, 1.82) is 0 Å². The van der Waals surface area contributed by atoms with E-state index in [0.717, 1.165) is 39.0 Å². The molecule has 44 heavy (non-hydrogen) atoms. The molecule has 0 atom stereocenters. The number of nitrogens with zero attached hydrogens (tertiary/aromatic N) is 6. The third kappa shape index (κ3) is 7.24. The predicted octanol–water partition coefficient (Wildman–Crippen LogP) is 4.68. The molecule has 2 aliphatic rings. The summed E-state index contributed by atoms with van der Waals surface area (Å²) >= 11 is 7.39. The molecule has 3 aromatic heterocycles. The van der Waals surface area contributed by atoms with E-state index in [9.17, 15) is 14.0 Å². The van der Waals surface area contributed by atoms with Gasteiger partial charge in [-0.2, -0.15) is 0 Å². The highest BCUT2D eigenvalue weighted by Crippen LogP contribution is 2.35. The second-order valence-electron chi connectivity index (χ2n) is 10.8. The van der Waals surface area contributed by atoms with Gasteiger partial charge in [-0.05, 0) is 50.2 Å². The molecule has 0 radical (unpaired) electrons. The maximum Gasteiger partial charge on any atom is 0.335 e. The highest BCUT2D eigenvalue weighted by atomic mass is 35.5. The first-order chi connectivity index (χ1) is 21.3. The van der Waals surface area contributed by atoms with Gasteiger partial charge in [-0.1, -0.05) is 29.4 Å². The number of carbonyl (C=O) groups excluding carboxylic acids is 1. The summed E-state index contributed by atoms with van der Waals surface area (Å²) in [7, 11) is 2.13. The van der Waals surface area contributed by atoms with Crippen LogP contribution in [0.5, 0.6) is 0 Å². The maximum absolute atomic E-state index is 14.7. The lowest BCUT2D eigenvalue weighted by molar-refractivity contribution is -0.124. The smallest absolute Gasteiger partial charge is 0.335 e. The molecule has 4 aromatic rings. The number of aromatic nitrogens is 4. The van der Waals surface area contributed by atoms with Crippen molar-refractivity contribution in [2.45, 2.75) is 29.7 Å². The molecule has 1 amide bonds. The topological polar surface area (TPSA) is 129 Å². The summed E-state index contributed by atoms with van der Waals surface area (Å²) in [5.41, 5.74) is 0.463. The summed E-state index contributed by atoms with van der Waals surface area (Å²) < 4.78 is 19.9. The van der Waals surface area contributed by atoms with Gasteiger partial charge in [-0.15, -0.1) is 10.2 Å². The summed E-state index contributed by atoms with van der Waals surface area (Å²) in [4.78, 5) is 38.0. The lowest BCUT2D eigenvalue weighted by Gasteiger charge is -2.45. The van der Waals surface area contributed by atoms with Crippen molar-refractivity contribution in [2.75, 3.05) is 43.9 Å². The van der Waals surface area contributed by atoms with Crippen molar-refractivity contribution >= 4 is 46.6 Å². The summed E-state index contributed by atoms with van der Waals surface area (Å²) in [5, 5.41) is 15.5. The maximum atomic E-state index is 14.7. The van der Waals surface area contributed by atoms with E-state index in [1.54, 1.807) is 24.3 Å². The number of amides is 1. The van der Waals surface area contributed by atoms with Gasteiger partial charge in [0.2, 0.25) is 5.91 Å². The molecule has 228 valence electrons. The summed E-state index contributed by atoms with van der Waals surface area (Å²) in [6, 6.07) is 12.5. The van der Waals surface area contributed by atoms with Crippen LogP contribution in [-0.2, 0) is 10.5 Å². The number of carbonyl (C=O) groups is 1. The molecule has 2 N–H and O–H groups in total. The van der Waals surface area contributed by atoms with E-state index in [2.05, 4.69) is 47.6 Å². The molecule has 4 heterocycles. The number of piperazine rings is 1. The van der Waals surface area contributed by atoms with Crippen LogP contribution in [-0.4, -0.2) is 75.1 Å². The van der Waals surface area contributed by atoms with E-state index >= 15 is 0 Å². The minimum atomic E-state index is -0.501. The summed E-state index contributed by atoms with van der Waals surface area (Å²) in [5.74, 6) is 0.872. The largest absolute Gasteiger partial charge is 0.427 e. The first-order valence-electron chi connectivity index (χ1n) is 14.2. The van der Waals surface area contributed by atoms with Crippen LogP contribution in [0.4, 0.5) is 21.7 Å². The Labute approximate surface area is 262 Å². The molecule has 2 fully saturated rings. The van der Waals surface area contributed by atoms with Crippen molar-refractivity contribution in [3.63, 3.8) is 0 Å². The Kier molecular flexibility index (Phi) is 9.17. The zero-order valence-electron chi connectivity index (χ0n) is 23.9. The number of anilines is 3. The van der Waals surface area contributed by atoms with Gasteiger partial charge in [0.15, 0.2) is 0 Å². The summed E-state index contributed by atoms with van der Waals surface area (Å²) in [6.07, 6.45) is 3.02. The Bertz CT molecular complexity index is 1710. The van der Waals surface area contributed by atoms with Gasteiger partial charge in [0.25, 0.3) is 0 Å². The highest BCUT2D eigenvalue weighted by Gasteiger charge is 2.38. The van der Waals surface area contributed by atoms with Crippen molar-refractivity contribution in [3.05, 3.63) is 81.9 Å². The van der Waals surface area contributed by atoms with Gasteiger partial charge >= 0.3 is 5.63 Å². The number of likely N-dealkylation sites (N-methyl/N-ethyl adjacent to an activating group) is 1. The third-order valence-corrected chi connectivity index (χ3v) is 9.02. The average Bonchev–Trinajstić information content (AvgIpc) is 2.98. The van der Waals surface area contributed by atoms with Crippen LogP contribution in [0.1, 0.15) is 18.6 Å². The standard InChI is InChI=1S/C30H30ClFN8O3S/c1-39-7-9-40(10-8-39)20-11-18(12-20)29(42)36-27-15-26(33-17-34-27)35-25-14-24(22-13-19(31)5-6-23(22)32)37-38-30(25)44-16-21-3-2-4-28(41)43-21/h2-6,13-15,17-18,20H,7-12,16H2,1H3,(H2,33,34,35,36,37,42). The highest BCUT2D eigenvalue weighted by molar-refractivity contribution is 7.98. The van der Waals surface area contributed by atoms with E-state index in [1.165, 1.54) is 42.4 Å². The molecule has 1 saturated carbocycles. The molecule has 0 spiro atoms. The molecule has 14 heteroatoms. The molecule has 0 unspecified atom stereocenters. The van der Waals surface area contributed by atoms with Crippen molar-refractivity contribution in [1.82, 2.24) is 30.0 Å². The first kappa shape index (κ1) is 30.1. The third-order valence-electron chi connectivity index (χ3n) is 7.78. The number of nitrogens with one attached hydrogen (secondary N) is 2.